The van der Waals surface area contributed by atoms with Gasteiger partial charge >= 0.3 is 0 Å². The zero-order valence-electron chi connectivity index (χ0n) is 7.74. The number of carbonyl (C=O) groups excluding carboxylic acids is 1. The predicted molar refractivity (Wildman–Crippen MR) is 61.9 cm³/mol. The van der Waals surface area contributed by atoms with Crippen LogP contribution in [-0.2, 0) is 10.1 Å². The van der Waals surface area contributed by atoms with E-state index in [1.807, 2.05) is 30.3 Å². The van der Waals surface area contributed by atoms with E-state index in [1.54, 1.807) is 6.08 Å². The van der Waals surface area contributed by atoms with E-state index in [0.717, 1.165) is 10.9 Å². The summed E-state index contributed by atoms with van der Waals surface area (Å²) in [5.74, 6) is -0.308. The molecule has 14 heavy (non-hydrogen) atoms. The van der Waals surface area contributed by atoms with Crippen molar-refractivity contribution < 1.29 is 4.79 Å². The monoisotopic (exact) mass is 253 g/mol. The van der Waals surface area contributed by atoms with Crippen LogP contribution >= 0.6 is 15.9 Å². The molecule has 1 aromatic carbocycles. The fourth-order valence-electron chi connectivity index (χ4n) is 1.12. The van der Waals surface area contributed by atoms with E-state index in [0.29, 0.717) is 0 Å². The maximum absolute atomic E-state index is 10.5. The predicted octanol–water partition coefficient (Wildman–Crippen LogP) is 2.47. The maximum atomic E-state index is 10.5. The fraction of sp³-hybridized carbons (Fsp3) is 0.182. The quantitative estimate of drug-likeness (QED) is 0.824. The minimum atomic E-state index is -0.308. The second-order valence-corrected chi connectivity index (χ2v) is 3.47. The van der Waals surface area contributed by atoms with Crippen molar-refractivity contribution in [2.75, 3.05) is 0 Å². The van der Waals surface area contributed by atoms with Gasteiger partial charge in [0.1, 0.15) is 0 Å². The molecule has 0 fully saturated rings. The number of primary amides is 1. The third-order valence-electron chi connectivity index (χ3n) is 1.82. The smallest absolute Gasteiger partial charge is 0.221 e. The Bertz CT molecular complexity index is 347. The van der Waals surface area contributed by atoms with Gasteiger partial charge in [-0.3, -0.25) is 4.79 Å². The van der Waals surface area contributed by atoms with Gasteiger partial charge in [-0.05, 0) is 11.1 Å². The Morgan fingerprint density at radius 1 is 1.43 bits per heavy atom. The van der Waals surface area contributed by atoms with Crippen molar-refractivity contribution in [2.45, 2.75) is 11.8 Å². The third-order valence-corrected chi connectivity index (χ3v) is 2.42. The molecule has 0 aliphatic rings. The molecule has 1 amide bonds. The van der Waals surface area contributed by atoms with Crippen LogP contribution in [0, 0.1) is 0 Å². The minimum Gasteiger partial charge on any atom is -0.369 e. The topological polar surface area (TPSA) is 43.1 Å². The lowest BCUT2D eigenvalue weighted by molar-refractivity contribution is -0.117. The summed E-state index contributed by atoms with van der Waals surface area (Å²) in [4.78, 5) is 10.5. The van der Waals surface area contributed by atoms with Gasteiger partial charge in [0.25, 0.3) is 0 Å². The van der Waals surface area contributed by atoms with Gasteiger partial charge in [-0.15, -0.1) is 0 Å². The number of nitrogens with two attached hydrogens (primary N) is 1. The number of halogens is 1. The summed E-state index contributed by atoms with van der Waals surface area (Å²) in [6.07, 6.45) is 3.99. The van der Waals surface area contributed by atoms with Gasteiger partial charge in [-0.2, -0.15) is 0 Å². The van der Waals surface area contributed by atoms with E-state index < -0.39 is 0 Å². The van der Waals surface area contributed by atoms with Gasteiger partial charge in [0.05, 0.1) is 0 Å². The number of hydrogen-bond acceptors (Lipinski definition) is 1. The van der Waals surface area contributed by atoms with Gasteiger partial charge in [-0.1, -0.05) is 52.3 Å². The van der Waals surface area contributed by atoms with E-state index in [2.05, 4.69) is 15.9 Å². The highest BCUT2D eigenvalue weighted by molar-refractivity contribution is 9.08. The highest BCUT2D eigenvalue weighted by Gasteiger charge is 1.95. The van der Waals surface area contributed by atoms with Gasteiger partial charge in [0.2, 0.25) is 5.91 Å². The Kier molecular flexibility index (Phi) is 4.40. The van der Waals surface area contributed by atoms with Gasteiger partial charge in [0, 0.05) is 11.8 Å². The average Bonchev–Trinajstić information content (AvgIpc) is 2.18. The lowest BCUT2D eigenvalue weighted by atomic mass is 10.1. The number of hydrogen-bond donors (Lipinski definition) is 1. The second-order valence-electron chi connectivity index (χ2n) is 2.91. The largest absolute Gasteiger partial charge is 0.369 e. The van der Waals surface area contributed by atoms with Crippen molar-refractivity contribution in [3.05, 3.63) is 41.5 Å². The zero-order chi connectivity index (χ0) is 10.4. The van der Waals surface area contributed by atoms with Crippen LogP contribution in [0.25, 0.3) is 6.08 Å². The molecule has 0 bridgehead atoms. The Labute approximate surface area is 91.9 Å². The third kappa shape index (κ3) is 3.34. The zero-order valence-corrected chi connectivity index (χ0v) is 9.33. The summed E-state index contributed by atoms with van der Waals surface area (Å²) in [5, 5.41) is 0.810. The number of benzene rings is 1. The van der Waals surface area contributed by atoms with Crippen molar-refractivity contribution >= 4 is 27.9 Å². The van der Waals surface area contributed by atoms with Crippen LogP contribution in [0.2, 0.25) is 0 Å². The van der Waals surface area contributed by atoms with Crippen molar-refractivity contribution in [1.29, 1.82) is 0 Å². The fourth-order valence-corrected chi connectivity index (χ4v) is 1.63. The van der Waals surface area contributed by atoms with Crippen LogP contribution < -0.4 is 5.73 Å². The Morgan fingerprint density at radius 3 is 2.79 bits per heavy atom. The minimum absolute atomic E-state index is 0.288. The van der Waals surface area contributed by atoms with Crippen molar-refractivity contribution in [1.82, 2.24) is 0 Å². The number of alkyl halides is 1. The van der Waals surface area contributed by atoms with E-state index >= 15 is 0 Å². The Balaban J connectivity index is 2.75. The molecule has 0 heterocycles. The summed E-state index contributed by atoms with van der Waals surface area (Å²) in [5.41, 5.74) is 7.35. The van der Waals surface area contributed by atoms with Gasteiger partial charge in [0.15, 0.2) is 0 Å². The molecule has 0 unspecified atom stereocenters. The van der Waals surface area contributed by atoms with Gasteiger partial charge in [-0.25, -0.2) is 0 Å². The molecule has 0 radical (unpaired) electrons. The summed E-state index contributed by atoms with van der Waals surface area (Å²) in [6.45, 7) is 0. The first-order valence-corrected chi connectivity index (χ1v) is 5.45. The molecule has 0 aliphatic heterocycles. The van der Waals surface area contributed by atoms with Crippen molar-refractivity contribution in [2.24, 2.45) is 5.73 Å². The van der Waals surface area contributed by atoms with Crippen molar-refractivity contribution in [3.8, 4) is 0 Å². The lowest BCUT2D eigenvalue weighted by Gasteiger charge is -2.00. The maximum Gasteiger partial charge on any atom is 0.221 e. The molecule has 0 saturated carbocycles. The highest BCUT2D eigenvalue weighted by atomic mass is 79.9. The SMILES string of the molecule is NC(=O)CC=Cc1ccccc1CBr. The summed E-state index contributed by atoms with van der Waals surface area (Å²) < 4.78 is 0. The van der Waals surface area contributed by atoms with Crippen LogP contribution in [0.5, 0.6) is 0 Å². The molecule has 1 rings (SSSR count). The molecule has 3 heteroatoms. The van der Waals surface area contributed by atoms with Crippen LogP contribution in [0.4, 0.5) is 0 Å². The van der Waals surface area contributed by atoms with Gasteiger partial charge < -0.3 is 5.73 Å². The summed E-state index contributed by atoms with van der Waals surface area (Å²) >= 11 is 3.40. The molecule has 0 atom stereocenters. The molecule has 0 saturated heterocycles. The van der Waals surface area contributed by atoms with E-state index in [4.69, 9.17) is 5.73 Å². The first-order valence-electron chi connectivity index (χ1n) is 4.32. The van der Waals surface area contributed by atoms with E-state index in [-0.39, 0.29) is 12.3 Å². The molecule has 2 N–H and O–H groups in total. The van der Waals surface area contributed by atoms with Crippen LogP contribution in [0.15, 0.2) is 30.3 Å². The summed E-state index contributed by atoms with van der Waals surface area (Å²) in [7, 11) is 0. The molecular weight excluding hydrogens is 242 g/mol. The van der Waals surface area contributed by atoms with E-state index in [9.17, 15) is 4.79 Å². The molecule has 74 valence electrons. The Morgan fingerprint density at radius 2 is 2.14 bits per heavy atom. The molecule has 0 spiro atoms. The van der Waals surface area contributed by atoms with Crippen LogP contribution in [0.1, 0.15) is 17.5 Å². The number of amides is 1. The number of carbonyl (C=O) groups is 1. The summed E-state index contributed by atoms with van der Waals surface area (Å²) in [6, 6.07) is 8.00. The lowest BCUT2D eigenvalue weighted by Crippen LogP contribution is -2.07. The highest BCUT2D eigenvalue weighted by Crippen LogP contribution is 2.14. The molecule has 0 aliphatic carbocycles. The standard InChI is InChI=1S/C11H12BrNO/c12-8-10-5-2-1-4-9(10)6-3-7-11(13)14/h1-6H,7-8H2,(H2,13,14). The molecule has 0 aromatic heterocycles. The first-order chi connectivity index (χ1) is 6.74. The van der Waals surface area contributed by atoms with Crippen LogP contribution in [-0.4, -0.2) is 5.91 Å². The Hall–Kier alpha value is -1.09. The first kappa shape index (κ1) is 11.0. The number of rotatable bonds is 4. The van der Waals surface area contributed by atoms with Crippen LogP contribution in [0.3, 0.4) is 0 Å². The molecular formula is C11H12BrNO. The second kappa shape index (κ2) is 5.60. The molecule has 2 nitrogen and oxygen atoms in total. The van der Waals surface area contributed by atoms with Crippen molar-refractivity contribution in [3.63, 3.8) is 0 Å². The van der Waals surface area contributed by atoms with E-state index in [1.165, 1.54) is 5.56 Å². The molecule has 1 aromatic rings. The average molecular weight is 254 g/mol. The normalized spacial score (nSPS) is 10.6.